The molecule has 0 radical (unpaired) electrons. The fraction of sp³-hybridized carbons (Fsp3) is 0.0526. The van der Waals surface area contributed by atoms with Crippen molar-refractivity contribution >= 4 is 34.5 Å². The Kier molecular flexibility index (Phi) is 1.88. The second kappa shape index (κ2) is 3.71. The average Bonchev–Trinajstić information content (AvgIpc) is 2.59. The highest BCUT2D eigenvalue weighted by atomic mass is 16.5. The lowest BCUT2D eigenvalue weighted by atomic mass is 9.33. The third kappa shape index (κ3) is 1.24. The molecular weight excluding hydrogens is 285 g/mol. The van der Waals surface area contributed by atoms with Crippen LogP contribution in [0.15, 0.2) is 54.6 Å². The second-order valence-corrected chi connectivity index (χ2v) is 6.24. The number of nitrogens with zero attached hydrogens (tertiary/aromatic N) is 1. The molecule has 0 N–H and O–H groups in total. The van der Waals surface area contributed by atoms with Crippen LogP contribution in [-0.4, -0.2) is 13.8 Å². The summed E-state index contributed by atoms with van der Waals surface area (Å²) in [7, 11) is 2.11. The highest BCUT2D eigenvalue weighted by Crippen LogP contribution is 2.41. The molecule has 3 aliphatic rings. The highest BCUT2D eigenvalue weighted by Gasteiger charge is 2.45. The zero-order valence-electron chi connectivity index (χ0n) is 12.5. The summed E-state index contributed by atoms with van der Waals surface area (Å²) in [4.78, 5) is 2.24. The van der Waals surface area contributed by atoms with Crippen LogP contribution in [0.4, 0.5) is 11.4 Å². The van der Waals surface area contributed by atoms with Gasteiger partial charge in [0.2, 0.25) is 0 Å². The number of benzene rings is 3. The Hall–Kier alpha value is -2.88. The van der Waals surface area contributed by atoms with Crippen molar-refractivity contribution in [2.45, 2.75) is 0 Å². The van der Waals surface area contributed by atoms with E-state index in [-0.39, 0.29) is 6.71 Å². The predicted molar refractivity (Wildman–Crippen MR) is 92.2 cm³/mol. The molecule has 3 aromatic carbocycles. The van der Waals surface area contributed by atoms with Gasteiger partial charge in [0.05, 0.1) is 0 Å². The van der Waals surface area contributed by atoms with Crippen molar-refractivity contribution in [3.8, 4) is 23.0 Å². The molecule has 3 aliphatic heterocycles. The first kappa shape index (κ1) is 11.7. The van der Waals surface area contributed by atoms with E-state index >= 15 is 0 Å². The minimum absolute atomic E-state index is 0.192. The van der Waals surface area contributed by atoms with Gasteiger partial charge in [0.15, 0.2) is 0 Å². The predicted octanol–water partition coefficient (Wildman–Crippen LogP) is 2.50. The molecule has 0 amide bonds. The number of ether oxygens (including phenoxy) is 2. The summed E-state index contributed by atoms with van der Waals surface area (Å²) in [5, 5.41) is 0. The molecule has 3 nitrogen and oxygen atoms in total. The molecule has 0 saturated carbocycles. The van der Waals surface area contributed by atoms with Crippen LogP contribution in [0.2, 0.25) is 0 Å². The monoisotopic (exact) mass is 297 g/mol. The van der Waals surface area contributed by atoms with Gasteiger partial charge in [-0.2, -0.15) is 0 Å². The number of anilines is 2. The second-order valence-electron chi connectivity index (χ2n) is 6.24. The largest absolute Gasteiger partial charge is 0.458 e. The smallest absolute Gasteiger partial charge is 0.266 e. The molecule has 3 heterocycles. The molecule has 0 aromatic heterocycles. The van der Waals surface area contributed by atoms with Gasteiger partial charge in [-0.05, 0) is 47.3 Å². The Morgan fingerprint density at radius 2 is 1.09 bits per heavy atom. The molecule has 0 saturated heterocycles. The maximum absolute atomic E-state index is 6.19. The van der Waals surface area contributed by atoms with E-state index in [1.807, 2.05) is 18.2 Å². The lowest BCUT2D eigenvalue weighted by molar-refractivity contribution is 0.464. The lowest BCUT2D eigenvalue weighted by Gasteiger charge is -2.41. The van der Waals surface area contributed by atoms with Crippen molar-refractivity contribution in [2.75, 3.05) is 11.9 Å². The van der Waals surface area contributed by atoms with Gasteiger partial charge >= 0.3 is 0 Å². The third-order valence-electron chi connectivity index (χ3n) is 5.14. The molecule has 0 atom stereocenters. The summed E-state index contributed by atoms with van der Waals surface area (Å²) in [6.07, 6.45) is 0. The van der Waals surface area contributed by atoms with Gasteiger partial charge in [-0.25, -0.2) is 0 Å². The Morgan fingerprint density at radius 1 is 0.652 bits per heavy atom. The molecule has 108 valence electrons. The van der Waals surface area contributed by atoms with Crippen LogP contribution in [0.25, 0.3) is 0 Å². The van der Waals surface area contributed by atoms with Crippen LogP contribution in [0.1, 0.15) is 0 Å². The molecule has 3 aromatic rings. The van der Waals surface area contributed by atoms with Gasteiger partial charge in [0.25, 0.3) is 6.71 Å². The zero-order valence-corrected chi connectivity index (χ0v) is 12.5. The first-order chi connectivity index (χ1) is 11.3. The topological polar surface area (TPSA) is 21.7 Å². The zero-order chi connectivity index (χ0) is 15.1. The SMILES string of the molecule is CN1c2cccc3c2B2c4c(cccc4Oc4cccc1c42)O3. The summed E-state index contributed by atoms with van der Waals surface area (Å²) in [5.74, 6) is 3.71. The molecular formula is C19H12BNO2. The highest BCUT2D eigenvalue weighted by molar-refractivity contribution is 7.00. The van der Waals surface area contributed by atoms with Crippen molar-refractivity contribution in [1.82, 2.24) is 0 Å². The molecule has 0 spiro atoms. The Bertz CT molecular complexity index is 938. The quantitative estimate of drug-likeness (QED) is 0.410. The van der Waals surface area contributed by atoms with Crippen molar-refractivity contribution in [1.29, 1.82) is 0 Å². The first-order valence-electron chi connectivity index (χ1n) is 7.81. The average molecular weight is 297 g/mol. The normalized spacial score (nSPS) is 14.8. The van der Waals surface area contributed by atoms with E-state index in [9.17, 15) is 0 Å². The molecule has 0 aliphatic carbocycles. The van der Waals surface area contributed by atoms with Gasteiger partial charge in [-0.1, -0.05) is 18.2 Å². The summed E-state index contributed by atoms with van der Waals surface area (Å²) in [6.45, 7) is 0.192. The summed E-state index contributed by atoms with van der Waals surface area (Å²) in [5.41, 5.74) is 6.07. The Morgan fingerprint density at radius 3 is 1.61 bits per heavy atom. The fourth-order valence-corrected chi connectivity index (χ4v) is 4.19. The van der Waals surface area contributed by atoms with Crippen molar-refractivity contribution in [2.24, 2.45) is 0 Å². The maximum atomic E-state index is 6.19. The number of hydrogen-bond acceptors (Lipinski definition) is 3. The van der Waals surface area contributed by atoms with Gasteiger partial charge in [-0.15, -0.1) is 0 Å². The molecule has 4 heteroatoms. The van der Waals surface area contributed by atoms with E-state index in [0.29, 0.717) is 0 Å². The molecule has 23 heavy (non-hydrogen) atoms. The standard InChI is InChI=1S/C19H12BNO2/c1-21-11-5-2-7-13-17(11)20-18-12(21)6-3-8-14(18)23-16-10-4-9-15(22-13)19(16)20/h2-10H,1H3. The third-order valence-corrected chi connectivity index (χ3v) is 5.14. The van der Waals surface area contributed by atoms with Crippen molar-refractivity contribution in [3.63, 3.8) is 0 Å². The van der Waals surface area contributed by atoms with Gasteiger partial charge in [-0.3, -0.25) is 0 Å². The van der Waals surface area contributed by atoms with Gasteiger partial charge in [0, 0.05) is 23.9 Å². The molecule has 0 fully saturated rings. The summed E-state index contributed by atoms with van der Waals surface area (Å²) < 4.78 is 12.4. The van der Waals surface area contributed by atoms with E-state index in [1.165, 1.54) is 22.3 Å². The minimum atomic E-state index is 0.192. The van der Waals surface area contributed by atoms with Gasteiger partial charge in [0.1, 0.15) is 23.0 Å². The lowest BCUT2D eigenvalue weighted by Crippen LogP contribution is -2.61. The van der Waals surface area contributed by atoms with Crippen LogP contribution in [0.5, 0.6) is 23.0 Å². The van der Waals surface area contributed by atoms with Crippen molar-refractivity contribution < 1.29 is 9.47 Å². The minimum Gasteiger partial charge on any atom is -0.458 e. The molecule has 0 unspecified atom stereocenters. The number of hydrogen-bond donors (Lipinski definition) is 0. The van der Waals surface area contributed by atoms with E-state index in [2.05, 4.69) is 48.3 Å². The Labute approximate surface area is 134 Å². The molecule has 6 rings (SSSR count). The van der Waals surface area contributed by atoms with Crippen molar-refractivity contribution in [3.05, 3.63) is 54.6 Å². The van der Waals surface area contributed by atoms with Crippen LogP contribution >= 0.6 is 0 Å². The van der Waals surface area contributed by atoms with E-state index < -0.39 is 0 Å². The van der Waals surface area contributed by atoms with Crippen LogP contribution < -0.4 is 30.8 Å². The molecule has 0 bridgehead atoms. The van der Waals surface area contributed by atoms with Gasteiger partial charge < -0.3 is 14.4 Å². The van der Waals surface area contributed by atoms with Crippen LogP contribution in [0, 0.1) is 0 Å². The summed E-state index contributed by atoms with van der Waals surface area (Å²) in [6, 6.07) is 18.6. The maximum Gasteiger partial charge on any atom is 0.266 e. The van der Waals surface area contributed by atoms with E-state index in [1.54, 1.807) is 0 Å². The Balaban J connectivity index is 1.81. The first-order valence-corrected chi connectivity index (χ1v) is 7.81. The van der Waals surface area contributed by atoms with E-state index in [0.717, 1.165) is 28.5 Å². The number of rotatable bonds is 0. The van der Waals surface area contributed by atoms with E-state index in [4.69, 9.17) is 9.47 Å². The van der Waals surface area contributed by atoms with Crippen LogP contribution in [-0.2, 0) is 0 Å². The summed E-state index contributed by atoms with van der Waals surface area (Å²) >= 11 is 0. The fourth-order valence-electron chi connectivity index (χ4n) is 4.19. The van der Waals surface area contributed by atoms with Crippen LogP contribution in [0.3, 0.4) is 0 Å².